The molecule has 0 aromatic carbocycles. The van der Waals surface area contributed by atoms with E-state index in [-0.39, 0.29) is 0 Å². The Morgan fingerprint density at radius 3 is 2.67 bits per heavy atom. The summed E-state index contributed by atoms with van der Waals surface area (Å²) in [6.45, 7) is 0. The second kappa shape index (κ2) is 3.69. The summed E-state index contributed by atoms with van der Waals surface area (Å²) in [5.41, 5.74) is 2.94. The highest BCUT2D eigenvalue weighted by Crippen LogP contribution is 2.28. The lowest BCUT2D eigenvalue weighted by Gasteiger charge is -2.02. The predicted octanol–water partition coefficient (Wildman–Crippen LogP) is 1.99. The van der Waals surface area contributed by atoms with Crippen molar-refractivity contribution in [3.05, 3.63) is 41.2 Å². The molecular formula is C12H11NO2. The van der Waals surface area contributed by atoms with E-state index < -0.39 is 0 Å². The van der Waals surface area contributed by atoms with Gasteiger partial charge < -0.3 is 4.57 Å². The molecule has 0 bridgehead atoms. The molecule has 0 radical (unpaired) electrons. The fourth-order valence-corrected chi connectivity index (χ4v) is 1.88. The van der Waals surface area contributed by atoms with Crippen LogP contribution < -0.4 is 0 Å². The summed E-state index contributed by atoms with van der Waals surface area (Å²) >= 11 is 0. The molecule has 0 fully saturated rings. The van der Waals surface area contributed by atoms with E-state index >= 15 is 0 Å². The number of aryl methyl sites for hydroxylation is 1. The number of nitrogens with zero attached hydrogens (tertiary/aromatic N) is 1. The van der Waals surface area contributed by atoms with Gasteiger partial charge >= 0.3 is 0 Å². The van der Waals surface area contributed by atoms with Gasteiger partial charge in [-0.05, 0) is 12.0 Å². The van der Waals surface area contributed by atoms with Gasteiger partial charge in [-0.1, -0.05) is 18.2 Å². The Kier molecular flexibility index (Phi) is 2.37. The highest BCUT2D eigenvalue weighted by molar-refractivity contribution is 5.94. The molecule has 1 aromatic heterocycles. The van der Waals surface area contributed by atoms with Gasteiger partial charge in [-0.15, -0.1) is 0 Å². The lowest BCUT2D eigenvalue weighted by atomic mass is 10.0. The van der Waals surface area contributed by atoms with Crippen molar-refractivity contribution >= 4 is 18.1 Å². The van der Waals surface area contributed by atoms with E-state index in [1.54, 1.807) is 17.8 Å². The van der Waals surface area contributed by atoms with Crippen molar-refractivity contribution in [3.63, 3.8) is 0 Å². The maximum atomic E-state index is 10.9. The highest BCUT2D eigenvalue weighted by Gasteiger charge is 2.17. The second-order valence-electron chi connectivity index (χ2n) is 3.52. The molecule has 0 saturated heterocycles. The van der Waals surface area contributed by atoms with Gasteiger partial charge in [0.05, 0.1) is 5.69 Å². The van der Waals surface area contributed by atoms with Crippen LogP contribution in [0.2, 0.25) is 0 Å². The SMILES string of the molecule is Cn1cc(C=O)c(C2=CC=CC2)c1C=O. The van der Waals surface area contributed by atoms with Crippen LogP contribution in [0.15, 0.2) is 24.4 Å². The zero-order valence-corrected chi connectivity index (χ0v) is 8.43. The molecular weight excluding hydrogens is 190 g/mol. The molecule has 1 aliphatic carbocycles. The van der Waals surface area contributed by atoms with Gasteiger partial charge in [0.2, 0.25) is 0 Å². The van der Waals surface area contributed by atoms with E-state index in [1.807, 2.05) is 18.2 Å². The van der Waals surface area contributed by atoms with Crippen molar-refractivity contribution in [2.75, 3.05) is 0 Å². The van der Waals surface area contributed by atoms with E-state index in [4.69, 9.17) is 0 Å². The van der Waals surface area contributed by atoms with E-state index in [0.29, 0.717) is 11.3 Å². The number of hydrogen-bond donors (Lipinski definition) is 0. The summed E-state index contributed by atoms with van der Waals surface area (Å²) in [6.07, 6.45) is 9.94. The van der Waals surface area contributed by atoms with Gasteiger partial charge in [0.25, 0.3) is 0 Å². The van der Waals surface area contributed by atoms with Gasteiger partial charge in [0, 0.05) is 24.4 Å². The summed E-state index contributed by atoms with van der Waals surface area (Å²) < 4.78 is 1.69. The third kappa shape index (κ3) is 1.46. The lowest BCUT2D eigenvalue weighted by Crippen LogP contribution is -1.96. The second-order valence-corrected chi connectivity index (χ2v) is 3.52. The number of carbonyl (C=O) groups excluding carboxylic acids is 2. The van der Waals surface area contributed by atoms with Crippen LogP contribution in [0.25, 0.3) is 5.57 Å². The van der Waals surface area contributed by atoms with Gasteiger partial charge in [0.1, 0.15) is 0 Å². The summed E-state index contributed by atoms with van der Waals surface area (Å²) in [7, 11) is 1.77. The maximum Gasteiger partial charge on any atom is 0.167 e. The Hall–Kier alpha value is -1.90. The summed E-state index contributed by atoms with van der Waals surface area (Å²) in [6, 6.07) is 0. The summed E-state index contributed by atoms with van der Waals surface area (Å²) in [4.78, 5) is 21.8. The first-order valence-corrected chi connectivity index (χ1v) is 4.73. The summed E-state index contributed by atoms with van der Waals surface area (Å²) in [5, 5.41) is 0. The third-order valence-electron chi connectivity index (χ3n) is 2.59. The molecule has 3 nitrogen and oxygen atoms in total. The first kappa shape index (κ1) is 9.65. The zero-order chi connectivity index (χ0) is 10.8. The molecule has 1 aromatic rings. The number of aldehydes is 2. The zero-order valence-electron chi connectivity index (χ0n) is 8.43. The smallest absolute Gasteiger partial charge is 0.167 e. The number of rotatable bonds is 3. The molecule has 1 heterocycles. The molecule has 15 heavy (non-hydrogen) atoms. The fraction of sp³-hybridized carbons (Fsp3) is 0.167. The first-order chi connectivity index (χ1) is 7.27. The molecule has 3 heteroatoms. The van der Waals surface area contributed by atoms with Crippen LogP contribution in [0.1, 0.15) is 32.8 Å². The van der Waals surface area contributed by atoms with Crippen molar-refractivity contribution < 1.29 is 9.59 Å². The van der Waals surface area contributed by atoms with Gasteiger partial charge in [-0.3, -0.25) is 9.59 Å². The Labute approximate surface area is 87.7 Å². The maximum absolute atomic E-state index is 10.9. The molecule has 0 N–H and O–H groups in total. The lowest BCUT2D eigenvalue weighted by molar-refractivity contribution is 0.111. The monoisotopic (exact) mass is 201 g/mol. The van der Waals surface area contributed by atoms with E-state index in [1.165, 1.54) is 0 Å². The Bertz CT molecular complexity index is 478. The number of aromatic nitrogens is 1. The van der Waals surface area contributed by atoms with Crippen molar-refractivity contribution in [1.29, 1.82) is 0 Å². The van der Waals surface area contributed by atoms with Gasteiger partial charge in [-0.25, -0.2) is 0 Å². The van der Waals surface area contributed by atoms with Crippen LogP contribution in [-0.4, -0.2) is 17.1 Å². The molecule has 0 atom stereocenters. The largest absolute Gasteiger partial charge is 0.347 e. The first-order valence-electron chi connectivity index (χ1n) is 4.73. The molecule has 0 amide bonds. The van der Waals surface area contributed by atoms with Gasteiger partial charge in [0.15, 0.2) is 12.6 Å². The van der Waals surface area contributed by atoms with Crippen molar-refractivity contribution in [2.45, 2.75) is 6.42 Å². The fourth-order valence-electron chi connectivity index (χ4n) is 1.88. The molecule has 0 spiro atoms. The minimum Gasteiger partial charge on any atom is -0.347 e. The summed E-state index contributed by atoms with van der Waals surface area (Å²) in [5.74, 6) is 0. The van der Waals surface area contributed by atoms with Crippen LogP contribution in [0.3, 0.4) is 0 Å². The molecule has 0 aliphatic heterocycles. The van der Waals surface area contributed by atoms with E-state index in [9.17, 15) is 9.59 Å². The Balaban J connectivity index is 2.61. The molecule has 1 aliphatic rings. The molecule has 0 saturated carbocycles. The van der Waals surface area contributed by atoms with Crippen LogP contribution in [0.4, 0.5) is 0 Å². The number of carbonyl (C=O) groups is 2. The van der Waals surface area contributed by atoms with Crippen molar-refractivity contribution in [1.82, 2.24) is 4.57 Å². The quantitative estimate of drug-likeness (QED) is 0.701. The van der Waals surface area contributed by atoms with Crippen molar-refractivity contribution in [2.24, 2.45) is 7.05 Å². The minimum atomic E-state index is 0.562. The molecule has 76 valence electrons. The van der Waals surface area contributed by atoms with Crippen LogP contribution in [0.5, 0.6) is 0 Å². The standard InChI is InChI=1S/C12H11NO2/c1-13-6-10(7-14)12(11(13)8-15)9-4-2-3-5-9/h2-4,6-8H,5H2,1H3. The Morgan fingerprint density at radius 1 is 1.33 bits per heavy atom. The molecule has 0 unspecified atom stereocenters. The van der Waals surface area contributed by atoms with Crippen molar-refractivity contribution in [3.8, 4) is 0 Å². The number of allylic oxidation sites excluding steroid dienone is 4. The molecule has 2 rings (SSSR count). The van der Waals surface area contributed by atoms with Crippen LogP contribution in [-0.2, 0) is 7.05 Å². The minimum absolute atomic E-state index is 0.562. The van der Waals surface area contributed by atoms with Crippen LogP contribution in [0, 0.1) is 0 Å². The Morgan fingerprint density at radius 2 is 2.13 bits per heavy atom. The van der Waals surface area contributed by atoms with Gasteiger partial charge in [-0.2, -0.15) is 0 Å². The predicted molar refractivity (Wildman–Crippen MR) is 57.9 cm³/mol. The highest BCUT2D eigenvalue weighted by atomic mass is 16.1. The topological polar surface area (TPSA) is 39.1 Å². The normalized spacial score (nSPS) is 14.1. The average molecular weight is 201 g/mol. The van der Waals surface area contributed by atoms with Crippen LogP contribution >= 0.6 is 0 Å². The third-order valence-corrected chi connectivity index (χ3v) is 2.59. The van der Waals surface area contributed by atoms with E-state index in [2.05, 4.69) is 0 Å². The number of hydrogen-bond acceptors (Lipinski definition) is 2. The van der Waals surface area contributed by atoms with E-state index in [0.717, 1.165) is 30.1 Å². The average Bonchev–Trinajstić information content (AvgIpc) is 2.83.